The van der Waals surface area contributed by atoms with E-state index >= 15 is 0 Å². The van der Waals surface area contributed by atoms with Crippen LogP contribution < -0.4 is 4.83 Å². The summed E-state index contributed by atoms with van der Waals surface area (Å²) in [6, 6.07) is 9.02. The maximum absolute atomic E-state index is 12.1. The van der Waals surface area contributed by atoms with Gasteiger partial charge in [0, 0.05) is 5.56 Å². The summed E-state index contributed by atoms with van der Waals surface area (Å²) in [5, 5.41) is 16.1. The smallest absolute Gasteiger partial charge is 0.247 e. The van der Waals surface area contributed by atoms with Crippen molar-refractivity contribution in [3.8, 4) is 0 Å². The first-order valence-electron chi connectivity index (χ1n) is 9.31. The topological polar surface area (TPSA) is 91.1 Å². The van der Waals surface area contributed by atoms with Crippen LogP contribution in [-0.2, 0) is 10.0 Å². The van der Waals surface area contributed by atoms with Crippen LogP contribution in [0, 0.1) is 0 Å². The zero-order chi connectivity index (χ0) is 19.3. The summed E-state index contributed by atoms with van der Waals surface area (Å²) >= 11 is 0. The summed E-state index contributed by atoms with van der Waals surface area (Å²) in [5.41, 5.74) is 1.22. The lowest BCUT2D eigenvalue weighted by molar-refractivity contribution is 0.320. The van der Waals surface area contributed by atoms with Crippen LogP contribution in [0.2, 0.25) is 0 Å². The molecular formula is C19H31N3O3S. The van der Waals surface area contributed by atoms with Gasteiger partial charge < -0.3 is 5.21 Å². The van der Waals surface area contributed by atoms with E-state index in [1.54, 1.807) is 19.1 Å². The Hall–Kier alpha value is -1.89. The molecule has 0 radical (unpaired) electrons. The summed E-state index contributed by atoms with van der Waals surface area (Å²) in [6.45, 7) is 3.76. The SMILES string of the molecule is CCCCCCCCCCS(=O)(=O)N/N=C(/C(C)=N\O)c1ccccc1. The quantitative estimate of drug-likeness (QED) is 0.231. The molecule has 6 nitrogen and oxygen atoms in total. The highest BCUT2D eigenvalue weighted by atomic mass is 32.2. The molecule has 0 saturated heterocycles. The summed E-state index contributed by atoms with van der Waals surface area (Å²) in [6.07, 6.45) is 8.74. The lowest BCUT2D eigenvalue weighted by Crippen LogP contribution is -2.25. The average Bonchev–Trinajstić information content (AvgIpc) is 2.64. The Kier molecular flexibility index (Phi) is 10.6. The summed E-state index contributed by atoms with van der Waals surface area (Å²) in [4.78, 5) is 2.26. The van der Waals surface area contributed by atoms with Crippen molar-refractivity contribution in [2.45, 2.75) is 65.2 Å². The predicted octanol–water partition coefficient (Wildman–Crippen LogP) is 4.30. The summed E-state index contributed by atoms with van der Waals surface area (Å²) in [7, 11) is -3.50. The summed E-state index contributed by atoms with van der Waals surface area (Å²) < 4.78 is 24.3. The lowest BCUT2D eigenvalue weighted by Gasteiger charge is -2.08. The van der Waals surface area contributed by atoms with Gasteiger partial charge in [-0.3, -0.25) is 0 Å². The molecule has 0 atom stereocenters. The second-order valence-corrected chi connectivity index (χ2v) is 8.22. The van der Waals surface area contributed by atoms with Crippen LogP contribution >= 0.6 is 0 Å². The van der Waals surface area contributed by atoms with E-state index in [0.29, 0.717) is 17.7 Å². The third-order valence-electron chi connectivity index (χ3n) is 4.10. The molecule has 26 heavy (non-hydrogen) atoms. The molecule has 0 fully saturated rings. The van der Waals surface area contributed by atoms with E-state index in [4.69, 9.17) is 5.21 Å². The Morgan fingerprint density at radius 3 is 2.15 bits per heavy atom. The van der Waals surface area contributed by atoms with Gasteiger partial charge in [0.25, 0.3) is 0 Å². The van der Waals surface area contributed by atoms with Gasteiger partial charge in [-0.15, -0.1) is 0 Å². The van der Waals surface area contributed by atoms with Gasteiger partial charge in [-0.25, -0.2) is 13.2 Å². The van der Waals surface area contributed by atoms with Gasteiger partial charge in [-0.1, -0.05) is 87.4 Å². The fraction of sp³-hybridized carbons (Fsp3) is 0.579. The minimum absolute atomic E-state index is 0.0445. The molecule has 1 rings (SSSR count). The highest BCUT2D eigenvalue weighted by molar-refractivity contribution is 7.89. The highest BCUT2D eigenvalue weighted by Crippen LogP contribution is 2.09. The van der Waals surface area contributed by atoms with Crippen molar-refractivity contribution in [1.82, 2.24) is 4.83 Å². The zero-order valence-corrected chi connectivity index (χ0v) is 16.6. The number of hydrogen-bond donors (Lipinski definition) is 2. The van der Waals surface area contributed by atoms with Gasteiger partial charge in [-0.2, -0.15) is 5.10 Å². The van der Waals surface area contributed by atoms with Gasteiger partial charge in [0.05, 0.1) is 5.75 Å². The third kappa shape index (κ3) is 8.99. The van der Waals surface area contributed by atoms with Crippen molar-refractivity contribution < 1.29 is 13.6 Å². The molecule has 0 aliphatic carbocycles. The van der Waals surface area contributed by atoms with E-state index in [1.165, 1.54) is 25.7 Å². The minimum Gasteiger partial charge on any atom is -0.411 e. The van der Waals surface area contributed by atoms with Crippen LogP contribution in [0.25, 0.3) is 0 Å². The lowest BCUT2D eigenvalue weighted by atomic mass is 10.1. The normalized spacial score (nSPS) is 13.0. The van der Waals surface area contributed by atoms with Crippen molar-refractivity contribution in [2.75, 3.05) is 5.75 Å². The number of oxime groups is 1. The number of hydrazone groups is 1. The molecule has 0 heterocycles. The van der Waals surface area contributed by atoms with Crippen molar-refractivity contribution in [2.24, 2.45) is 10.3 Å². The van der Waals surface area contributed by atoms with Crippen molar-refractivity contribution >= 4 is 21.4 Å². The molecule has 0 amide bonds. The van der Waals surface area contributed by atoms with Gasteiger partial charge in [0.15, 0.2) is 0 Å². The van der Waals surface area contributed by atoms with Crippen LogP contribution in [0.4, 0.5) is 0 Å². The third-order valence-corrected chi connectivity index (χ3v) is 5.30. The van der Waals surface area contributed by atoms with Gasteiger partial charge >= 0.3 is 0 Å². The molecule has 1 aromatic rings. The first kappa shape index (κ1) is 22.2. The number of nitrogens with zero attached hydrogens (tertiary/aromatic N) is 2. The van der Waals surface area contributed by atoms with Crippen LogP contribution in [-0.4, -0.2) is 30.8 Å². The van der Waals surface area contributed by atoms with Crippen LogP contribution in [0.3, 0.4) is 0 Å². The molecule has 1 aromatic carbocycles. The molecule has 0 spiro atoms. The molecule has 0 unspecified atom stereocenters. The first-order chi connectivity index (χ1) is 12.5. The number of unbranched alkanes of at least 4 members (excludes halogenated alkanes) is 7. The molecule has 7 heteroatoms. The van der Waals surface area contributed by atoms with E-state index in [-0.39, 0.29) is 11.5 Å². The molecule has 0 bridgehead atoms. The van der Waals surface area contributed by atoms with Gasteiger partial charge in [0.1, 0.15) is 11.4 Å². The van der Waals surface area contributed by atoms with E-state index < -0.39 is 10.0 Å². The molecular weight excluding hydrogens is 350 g/mol. The average molecular weight is 382 g/mol. The van der Waals surface area contributed by atoms with E-state index in [1.807, 2.05) is 18.2 Å². The Bertz CT molecular complexity index is 671. The highest BCUT2D eigenvalue weighted by Gasteiger charge is 2.12. The second-order valence-electron chi connectivity index (χ2n) is 6.40. The number of hydrogen-bond acceptors (Lipinski definition) is 5. The second kappa shape index (κ2) is 12.5. The minimum atomic E-state index is -3.50. The number of sulfonamides is 1. The van der Waals surface area contributed by atoms with Crippen molar-refractivity contribution in [3.63, 3.8) is 0 Å². The first-order valence-corrected chi connectivity index (χ1v) is 11.0. The maximum Gasteiger partial charge on any atom is 0.247 e. The largest absolute Gasteiger partial charge is 0.411 e. The maximum atomic E-state index is 12.1. The van der Waals surface area contributed by atoms with E-state index in [0.717, 1.165) is 19.3 Å². The molecule has 2 N–H and O–H groups in total. The van der Waals surface area contributed by atoms with Gasteiger partial charge in [-0.05, 0) is 13.3 Å². The summed E-state index contributed by atoms with van der Waals surface area (Å²) in [5.74, 6) is 0.0445. The fourth-order valence-corrected chi connectivity index (χ4v) is 3.49. The number of benzene rings is 1. The van der Waals surface area contributed by atoms with Crippen LogP contribution in [0.1, 0.15) is 70.8 Å². The number of rotatable bonds is 13. The van der Waals surface area contributed by atoms with E-state index in [2.05, 4.69) is 22.0 Å². The van der Waals surface area contributed by atoms with Gasteiger partial charge in [0.2, 0.25) is 10.0 Å². The monoisotopic (exact) mass is 381 g/mol. The Morgan fingerprint density at radius 1 is 1.00 bits per heavy atom. The van der Waals surface area contributed by atoms with Crippen LogP contribution in [0.5, 0.6) is 0 Å². The standard InChI is InChI=1S/C19H31N3O3S/c1-3-4-5-6-7-8-9-13-16-26(24,25)22-20-19(17(2)21-23)18-14-11-10-12-15-18/h10-12,14-15,22-23H,3-9,13,16H2,1-2H3/b20-19-,21-17-. The molecule has 0 aliphatic rings. The van der Waals surface area contributed by atoms with E-state index in [9.17, 15) is 8.42 Å². The Balaban J connectivity index is 2.50. The van der Waals surface area contributed by atoms with Crippen molar-refractivity contribution in [1.29, 1.82) is 0 Å². The Labute approximate surface area is 157 Å². The zero-order valence-electron chi connectivity index (χ0n) is 15.8. The number of nitrogens with one attached hydrogen (secondary N) is 1. The van der Waals surface area contributed by atoms with Crippen LogP contribution in [0.15, 0.2) is 40.6 Å². The molecule has 0 aliphatic heterocycles. The van der Waals surface area contributed by atoms with Crippen molar-refractivity contribution in [3.05, 3.63) is 35.9 Å². The predicted molar refractivity (Wildman–Crippen MR) is 107 cm³/mol. The fourth-order valence-electron chi connectivity index (χ4n) is 2.58. The molecule has 0 saturated carbocycles. The molecule has 146 valence electrons. The Morgan fingerprint density at radius 2 is 1.58 bits per heavy atom. The molecule has 0 aromatic heterocycles.